The fraction of sp³-hybridized carbons (Fsp3) is 0.120. The van der Waals surface area contributed by atoms with E-state index >= 15 is 0 Å². The average Bonchev–Trinajstić information content (AvgIpc) is 1.08. The number of imidazole rings is 4. The predicted octanol–water partition coefficient (Wildman–Crippen LogP) is 21.4. The lowest BCUT2D eigenvalue weighted by Crippen LogP contribution is -2.28. The number of rotatable bonds is 16. The van der Waals surface area contributed by atoms with Crippen LogP contribution in [0.4, 0.5) is 0 Å². The first-order chi connectivity index (χ1) is 53.5. The van der Waals surface area contributed by atoms with E-state index in [0.29, 0.717) is 5.82 Å². The molecule has 0 saturated heterocycles. The summed E-state index contributed by atoms with van der Waals surface area (Å²) in [6, 6.07) is 104. The zero-order valence-corrected chi connectivity index (χ0v) is 64.5. The number of hydrogen-bond acceptors (Lipinski definition) is 2. The molecular weight excluding hydrogens is 1340 g/mol. The van der Waals surface area contributed by atoms with Gasteiger partial charge >= 0.3 is 0 Å². The first-order valence-electron chi connectivity index (χ1n) is 37.8. The van der Waals surface area contributed by atoms with Crippen molar-refractivity contribution in [1.82, 2.24) is 28.2 Å². The lowest BCUT2D eigenvalue weighted by atomic mass is 9.82. The minimum absolute atomic E-state index is 0.673. The summed E-state index contributed by atoms with van der Waals surface area (Å²) in [6.45, 7) is 17.4. The summed E-state index contributed by atoms with van der Waals surface area (Å²) in [6.07, 6.45) is 12.3. The smallest absolute Gasteiger partial charge is 0.237 e. The molecule has 17 rings (SSSR count). The highest BCUT2D eigenvalue weighted by atomic mass is 15.2. The van der Waals surface area contributed by atoms with Crippen LogP contribution in [0.5, 0.6) is 0 Å². The van der Waals surface area contributed by atoms with E-state index in [9.17, 15) is 0 Å². The maximum absolute atomic E-state index is 4.73. The molecule has 12 aromatic carbocycles. The largest absolute Gasteiger partial charge is 0.249 e. The molecule has 17 aromatic rings. The summed E-state index contributed by atoms with van der Waals surface area (Å²) in [5.41, 5.74) is 39.7. The molecule has 0 saturated carbocycles. The Kier molecular flexibility index (Phi) is 18.2. The molecule has 5 heterocycles. The summed E-state index contributed by atoms with van der Waals surface area (Å²) in [5.74, 6) is 0.673. The highest BCUT2D eigenvalue weighted by molar-refractivity contribution is 6.01. The maximum atomic E-state index is 4.73. The molecule has 0 radical (unpaired) electrons. The fourth-order valence-corrected chi connectivity index (χ4v) is 16.1. The normalized spacial score (nSPS) is 11.5. The fourth-order valence-electron chi connectivity index (χ4n) is 16.1. The highest BCUT2D eigenvalue weighted by Crippen LogP contribution is 2.48. The molecule has 0 unspecified atom stereocenters. The van der Waals surface area contributed by atoms with Crippen LogP contribution < -0.4 is 18.3 Å². The SMILES string of the molecule is Cc1c(C)[n+](C)cn1-c1ccc(-c2ccccc2-c2cc(-c3ccccc3-c3ccc(-n4c[n+](C)c(C)c4C)cc3)cc(-c3cccc(-c4cc(-c5ccccc5-c5ccc(-n6c[n+](C)c(C)c6C)cc5)cc(-c5ccccc5-c5ccc(-n6c[n+](C)c(C)c6C)cc5)c4)c3-c3ccc(-c4ncccn4)cc3)c2)cc1. The van der Waals surface area contributed by atoms with Crippen LogP contribution in [-0.4, -0.2) is 28.2 Å². The van der Waals surface area contributed by atoms with Crippen LogP contribution in [0.25, 0.3) is 157 Å². The van der Waals surface area contributed by atoms with E-state index in [0.717, 1.165) is 151 Å². The van der Waals surface area contributed by atoms with E-state index in [1.807, 2.05) is 18.5 Å². The van der Waals surface area contributed by atoms with Gasteiger partial charge in [-0.3, -0.25) is 0 Å². The Morgan fingerprint density at radius 1 is 0.209 bits per heavy atom. The number of aryl methyl sites for hydroxylation is 4. The number of aromatic nitrogens is 10. The molecule has 534 valence electrons. The third-order valence-corrected chi connectivity index (χ3v) is 23.1. The highest BCUT2D eigenvalue weighted by Gasteiger charge is 2.25. The molecule has 0 fully saturated rings. The van der Waals surface area contributed by atoms with Crippen molar-refractivity contribution in [3.8, 4) is 157 Å². The topological polar surface area (TPSA) is 61.0 Å². The third kappa shape index (κ3) is 12.8. The van der Waals surface area contributed by atoms with Crippen molar-refractivity contribution in [1.29, 1.82) is 0 Å². The Morgan fingerprint density at radius 2 is 0.418 bits per heavy atom. The minimum atomic E-state index is 0.673. The number of benzene rings is 12. The molecule has 110 heavy (non-hydrogen) atoms. The van der Waals surface area contributed by atoms with Crippen molar-refractivity contribution in [2.45, 2.75) is 55.4 Å². The quantitative estimate of drug-likeness (QED) is 0.0905. The lowest BCUT2D eigenvalue weighted by molar-refractivity contribution is -0.676. The Hall–Kier alpha value is -13.4. The van der Waals surface area contributed by atoms with Gasteiger partial charge < -0.3 is 0 Å². The third-order valence-electron chi connectivity index (χ3n) is 23.1. The van der Waals surface area contributed by atoms with Gasteiger partial charge in [0.2, 0.25) is 25.3 Å². The van der Waals surface area contributed by atoms with Gasteiger partial charge in [0.1, 0.15) is 68.3 Å². The van der Waals surface area contributed by atoms with E-state index in [1.54, 1.807) is 0 Å². The summed E-state index contributed by atoms with van der Waals surface area (Å²) >= 11 is 0. The monoisotopic (exact) mass is 1430 g/mol. The second-order valence-electron chi connectivity index (χ2n) is 29.4. The molecular formula is C100H88N10+4. The maximum Gasteiger partial charge on any atom is 0.249 e. The van der Waals surface area contributed by atoms with Gasteiger partial charge in [0.25, 0.3) is 0 Å². The van der Waals surface area contributed by atoms with Gasteiger partial charge in [0.15, 0.2) is 5.82 Å². The van der Waals surface area contributed by atoms with Crippen molar-refractivity contribution in [3.63, 3.8) is 0 Å². The van der Waals surface area contributed by atoms with E-state index in [4.69, 9.17) is 9.97 Å². The van der Waals surface area contributed by atoms with Crippen molar-refractivity contribution < 1.29 is 18.3 Å². The van der Waals surface area contributed by atoms with Crippen molar-refractivity contribution in [2.24, 2.45) is 28.2 Å². The molecule has 0 aliphatic heterocycles. The van der Waals surface area contributed by atoms with Crippen molar-refractivity contribution in [3.05, 3.63) is 362 Å². The zero-order valence-electron chi connectivity index (χ0n) is 64.5. The minimum Gasteiger partial charge on any atom is -0.237 e. The van der Waals surface area contributed by atoms with E-state index in [2.05, 4.69) is 418 Å². The molecule has 0 N–H and O–H groups in total. The van der Waals surface area contributed by atoms with Crippen LogP contribution in [0.2, 0.25) is 0 Å². The number of nitrogens with zero attached hydrogens (tertiary/aromatic N) is 10. The standard InChI is InChI=1S/C100H88N10/c1-65-69(5)107(61-103(65)9)85-45-37-73(38-46-85)89-23-13-17-27-93(89)79-55-80(94-28-18-14-24-90(94)74-39-47-86(48-40-74)108-62-104(10)66(2)70(108)6)58-83(57-79)97-31-21-32-98(99(97)77-33-35-78(36-34-77)100-101-53-22-54-102-100)84-59-81(95-29-19-15-25-91(95)75-41-49-87(50-42-75)109-63-105(11)67(3)71(109)7)56-82(60-84)96-30-20-16-26-92(96)76-43-51-88(52-44-76)110-64-106(12)68(4)72(110)8/h13-64H,1-12H3/q+4. The summed E-state index contributed by atoms with van der Waals surface area (Å²) in [5, 5.41) is 0. The van der Waals surface area contributed by atoms with E-state index in [1.165, 1.54) is 45.6 Å². The lowest BCUT2D eigenvalue weighted by Gasteiger charge is -2.21. The zero-order chi connectivity index (χ0) is 75.6. The van der Waals surface area contributed by atoms with Gasteiger partial charge in [-0.2, -0.15) is 18.3 Å². The summed E-state index contributed by atoms with van der Waals surface area (Å²) in [7, 11) is 8.44. The van der Waals surface area contributed by atoms with Crippen LogP contribution in [-0.2, 0) is 28.2 Å². The summed E-state index contributed by atoms with van der Waals surface area (Å²) < 4.78 is 17.9. The van der Waals surface area contributed by atoms with Crippen LogP contribution in [0.3, 0.4) is 0 Å². The second kappa shape index (κ2) is 28.7. The Labute approximate surface area is 645 Å². The van der Waals surface area contributed by atoms with Crippen LogP contribution in [0.15, 0.2) is 317 Å². The molecule has 5 aromatic heterocycles. The summed E-state index contributed by atoms with van der Waals surface area (Å²) in [4.78, 5) is 9.47. The van der Waals surface area contributed by atoms with Crippen LogP contribution in [0, 0.1) is 55.4 Å². The molecule has 0 spiro atoms. The van der Waals surface area contributed by atoms with Gasteiger partial charge in [-0.1, -0.05) is 188 Å². The van der Waals surface area contributed by atoms with Gasteiger partial charge in [0, 0.05) is 73.3 Å². The molecule has 0 atom stereocenters. The Balaban J connectivity index is 0.889. The van der Waals surface area contributed by atoms with Gasteiger partial charge in [-0.15, -0.1) is 0 Å². The second-order valence-corrected chi connectivity index (χ2v) is 29.4. The van der Waals surface area contributed by atoms with Gasteiger partial charge in [-0.25, -0.2) is 28.2 Å². The van der Waals surface area contributed by atoms with Crippen molar-refractivity contribution in [2.75, 3.05) is 0 Å². The average molecular weight is 1430 g/mol. The molecule has 0 aliphatic carbocycles. The van der Waals surface area contributed by atoms with Crippen molar-refractivity contribution >= 4 is 0 Å². The molecule has 10 heteroatoms. The molecule has 10 nitrogen and oxygen atoms in total. The molecule has 0 amide bonds. The number of hydrogen-bond donors (Lipinski definition) is 0. The van der Waals surface area contributed by atoms with Gasteiger partial charge in [0.05, 0.1) is 28.2 Å². The molecule has 0 bridgehead atoms. The van der Waals surface area contributed by atoms with E-state index in [-0.39, 0.29) is 0 Å². The Morgan fingerprint density at radius 3 is 0.655 bits per heavy atom. The predicted molar refractivity (Wildman–Crippen MR) is 447 cm³/mol. The first kappa shape index (κ1) is 69.6. The van der Waals surface area contributed by atoms with Gasteiger partial charge in [-0.05, 0) is 213 Å². The molecule has 0 aliphatic rings. The van der Waals surface area contributed by atoms with Crippen LogP contribution in [0.1, 0.15) is 45.6 Å². The van der Waals surface area contributed by atoms with E-state index < -0.39 is 0 Å². The van der Waals surface area contributed by atoms with Crippen LogP contribution >= 0.6 is 0 Å². The first-order valence-corrected chi connectivity index (χ1v) is 37.8. The Bertz CT molecular complexity index is 5700.